The van der Waals surface area contributed by atoms with Crippen LogP contribution in [-0.2, 0) is 6.42 Å². The van der Waals surface area contributed by atoms with Gasteiger partial charge < -0.3 is 0 Å². The maximum absolute atomic E-state index is 2.34. The third-order valence-corrected chi connectivity index (χ3v) is 3.38. The van der Waals surface area contributed by atoms with Crippen molar-refractivity contribution < 1.29 is 0 Å². The molecule has 0 amide bonds. The Labute approximate surface area is 87.3 Å². The third kappa shape index (κ3) is 2.17. The van der Waals surface area contributed by atoms with E-state index in [1.165, 1.54) is 44.1 Å². The van der Waals surface area contributed by atoms with Gasteiger partial charge in [0, 0.05) is 0 Å². The topological polar surface area (TPSA) is 0 Å². The number of rotatable bonds is 4. The highest BCUT2D eigenvalue weighted by Gasteiger charge is 2.18. The third-order valence-electron chi connectivity index (χ3n) is 3.38. The lowest BCUT2D eigenvalue weighted by Crippen LogP contribution is -2.08. The van der Waals surface area contributed by atoms with Gasteiger partial charge in [-0.15, -0.1) is 0 Å². The highest BCUT2D eigenvalue weighted by Crippen LogP contribution is 2.36. The van der Waals surface area contributed by atoms with Crippen molar-refractivity contribution in [3.8, 4) is 0 Å². The summed E-state index contributed by atoms with van der Waals surface area (Å²) in [5.41, 5.74) is 3.08. The predicted octanol–water partition coefficient (Wildman–Crippen LogP) is 4.30. The molecule has 0 atom stereocenters. The Hall–Kier alpha value is -0.780. The van der Waals surface area contributed by atoms with Crippen LogP contribution < -0.4 is 0 Å². The van der Waals surface area contributed by atoms with Crippen molar-refractivity contribution in [2.24, 2.45) is 0 Å². The molecule has 0 unspecified atom stereocenters. The van der Waals surface area contributed by atoms with Gasteiger partial charge in [0.25, 0.3) is 0 Å². The van der Waals surface area contributed by atoms with Crippen LogP contribution in [0, 0.1) is 0 Å². The summed E-state index contributed by atoms with van der Waals surface area (Å²) in [6.45, 7) is 2.25. The molecule has 1 aromatic rings. The second kappa shape index (κ2) is 4.63. The molecule has 0 aliphatic heterocycles. The van der Waals surface area contributed by atoms with Gasteiger partial charge in [0.15, 0.2) is 0 Å². The Bertz CT molecular complexity index is 267. The van der Waals surface area contributed by atoms with Gasteiger partial charge in [-0.25, -0.2) is 0 Å². The van der Waals surface area contributed by atoms with Gasteiger partial charge >= 0.3 is 0 Å². The highest BCUT2D eigenvalue weighted by atomic mass is 14.2. The Morgan fingerprint density at radius 3 is 2.36 bits per heavy atom. The summed E-state index contributed by atoms with van der Waals surface area (Å²) in [4.78, 5) is 0. The SMILES string of the molecule is CCCCc1ccc(C2CCC2)cc1. The molecule has 0 heteroatoms. The molecule has 1 saturated carbocycles. The van der Waals surface area contributed by atoms with Gasteiger partial charge in [0.05, 0.1) is 0 Å². The molecule has 76 valence electrons. The Morgan fingerprint density at radius 1 is 1.14 bits per heavy atom. The molecule has 1 aromatic carbocycles. The van der Waals surface area contributed by atoms with Crippen LogP contribution >= 0.6 is 0 Å². The van der Waals surface area contributed by atoms with Crippen molar-refractivity contribution >= 4 is 0 Å². The average molecular weight is 188 g/mol. The smallest absolute Gasteiger partial charge is 0.0162 e. The van der Waals surface area contributed by atoms with Crippen LogP contribution in [0.2, 0.25) is 0 Å². The van der Waals surface area contributed by atoms with E-state index in [1.807, 2.05) is 0 Å². The normalized spacial score (nSPS) is 16.6. The summed E-state index contributed by atoms with van der Waals surface area (Å²) < 4.78 is 0. The molecule has 0 bridgehead atoms. The summed E-state index contributed by atoms with van der Waals surface area (Å²) in [6, 6.07) is 9.33. The molecule has 14 heavy (non-hydrogen) atoms. The lowest BCUT2D eigenvalue weighted by Gasteiger charge is -2.25. The first kappa shape index (κ1) is 9.76. The zero-order valence-corrected chi connectivity index (χ0v) is 9.13. The maximum atomic E-state index is 2.34. The van der Waals surface area contributed by atoms with Crippen LogP contribution in [-0.4, -0.2) is 0 Å². The molecule has 0 radical (unpaired) electrons. The van der Waals surface area contributed by atoms with Crippen LogP contribution in [0.1, 0.15) is 56.1 Å². The van der Waals surface area contributed by atoms with Crippen LogP contribution in [0.5, 0.6) is 0 Å². The minimum atomic E-state index is 0.884. The van der Waals surface area contributed by atoms with E-state index < -0.39 is 0 Å². The number of unbranched alkanes of at least 4 members (excludes halogenated alkanes) is 1. The monoisotopic (exact) mass is 188 g/mol. The summed E-state index contributed by atoms with van der Waals surface area (Å²) in [7, 11) is 0. The standard InChI is InChI=1S/C14H20/c1-2-3-5-12-8-10-14(11-9-12)13-6-4-7-13/h8-11,13H,2-7H2,1H3. The summed E-state index contributed by atoms with van der Waals surface area (Å²) in [5, 5.41) is 0. The van der Waals surface area contributed by atoms with Crippen LogP contribution in [0.3, 0.4) is 0 Å². The number of hydrogen-bond donors (Lipinski definition) is 0. The van der Waals surface area contributed by atoms with E-state index in [-0.39, 0.29) is 0 Å². The van der Waals surface area contributed by atoms with Crippen molar-refractivity contribution in [3.05, 3.63) is 35.4 Å². The Balaban J connectivity index is 1.95. The fourth-order valence-electron chi connectivity index (χ4n) is 2.08. The molecule has 1 fully saturated rings. The minimum absolute atomic E-state index is 0.884. The lowest BCUT2D eigenvalue weighted by molar-refractivity contribution is 0.419. The fraction of sp³-hybridized carbons (Fsp3) is 0.571. The first-order chi connectivity index (χ1) is 6.90. The predicted molar refractivity (Wildman–Crippen MR) is 61.6 cm³/mol. The number of hydrogen-bond acceptors (Lipinski definition) is 0. The molecule has 0 spiro atoms. The first-order valence-electron chi connectivity index (χ1n) is 5.99. The molecule has 1 aliphatic carbocycles. The minimum Gasteiger partial charge on any atom is -0.0654 e. The van der Waals surface area contributed by atoms with Gasteiger partial charge in [0.1, 0.15) is 0 Å². The van der Waals surface area contributed by atoms with Gasteiger partial charge in [0.2, 0.25) is 0 Å². The quantitative estimate of drug-likeness (QED) is 0.661. The molecule has 0 N–H and O–H groups in total. The molecule has 0 nitrogen and oxygen atoms in total. The number of benzene rings is 1. The van der Waals surface area contributed by atoms with Crippen LogP contribution in [0.25, 0.3) is 0 Å². The van der Waals surface area contributed by atoms with Crippen molar-refractivity contribution in [1.82, 2.24) is 0 Å². The van der Waals surface area contributed by atoms with E-state index in [2.05, 4.69) is 31.2 Å². The van der Waals surface area contributed by atoms with E-state index in [9.17, 15) is 0 Å². The van der Waals surface area contributed by atoms with E-state index in [1.54, 1.807) is 5.56 Å². The highest BCUT2D eigenvalue weighted by molar-refractivity contribution is 5.26. The summed E-state index contributed by atoms with van der Waals surface area (Å²) in [5.74, 6) is 0.884. The van der Waals surface area contributed by atoms with E-state index >= 15 is 0 Å². The van der Waals surface area contributed by atoms with E-state index in [4.69, 9.17) is 0 Å². The Morgan fingerprint density at radius 2 is 1.86 bits per heavy atom. The maximum Gasteiger partial charge on any atom is -0.0162 e. The summed E-state index contributed by atoms with van der Waals surface area (Å²) >= 11 is 0. The molecule has 1 aliphatic rings. The van der Waals surface area contributed by atoms with Crippen LogP contribution in [0.15, 0.2) is 24.3 Å². The summed E-state index contributed by atoms with van der Waals surface area (Å²) in [6.07, 6.45) is 8.12. The molecular weight excluding hydrogens is 168 g/mol. The zero-order chi connectivity index (χ0) is 9.80. The van der Waals surface area contributed by atoms with E-state index in [0.717, 1.165) is 5.92 Å². The Kier molecular flexibility index (Phi) is 3.23. The molecular formula is C14H20. The zero-order valence-electron chi connectivity index (χ0n) is 9.13. The molecule has 0 aromatic heterocycles. The average Bonchev–Trinajstić information content (AvgIpc) is 2.14. The molecule has 0 heterocycles. The molecule has 0 saturated heterocycles. The first-order valence-corrected chi connectivity index (χ1v) is 5.99. The van der Waals surface area contributed by atoms with Gasteiger partial charge in [-0.2, -0.15) is 0 Å². The largest absolute Gasteiger partial charge is 0.0654 e. The van der Waals surface area contributed by atoms with E-state index in [0.29, 0.717) is 0 Å². The lowest BCUT2D eigenvalue weighted by atomic mass is 9.80. The van der Waals surface area contributed by atoms with Crippen molar-refractivity contribution in [2.45, 2.75) is 51.4 Å². The van der Waals surface area contributed by atoms with Gasteiger partial charge in [-0.1, -0.05) is 44.0 Å². The molecule has 2 rings (SSSR count). The van der Waals surface area contributed by atoms with Gasteiger partial charge in [-0.3, -0.25) is 0 Å². The fourth-order valence-corrected chi connectivity index (χ4v) is 2.08. The van der Waals surface area contributed by atoms with Crippen molar-refractivity contribution in [1.29, 1.82) is 0 Å². The number of aryl methyl sites for hydroxylation is 1. The second-order valence-electron chi connectivity index (χ2n) is 4.47. The van der Waals surface area contributed by atoms with Crippen molar-refractivity contribution in [3.63, 3.8) is 0 Å². The van der Waals surface area contributed by atoms with Crippen LogP contribution in [0.4, 0.5) is 0 Å². The van der Waals surface area contributed by atoms with Crippen molar-refractivity contribution in [2.75, 3.05) is 0 Å². The second-order valence-corrected chi connectivity index (χ2v) is 4.47. The van der Waals surface area contributed by atoms with Gasteiger partial charge in [-0.05, 0) is 42.7 Å².